The summed E-state index contributed by atoms with van der Waals surface area (Å²) in [5.41, 5.74) is 2.76. The number of nitrogens with zero attached hydrogens (tertiary/aromatic N) is 3. The molecule has 9 heteroatoms. The minimum atomic E-state index is -0.566. The summed E-state index contributed by atoms with van der Waals surface area (Å²) < 4.78 is 10.8. The van der Waals surface area contributed by atoms with Gasteiger partial charge in [0.15, 0.2) is 5.58 Å². The van der Waals surface area contributed by atoms with Crippen molar-refractivity contribution in [3.8, 4) is 11.5 Å². The van der Waals surface area contributed by atoms with Crippen LogP contribution in [0.1, 0.15) is 26.2 Å². The smallest absolute Gasteiger partial charge is 0.409 e. The van der Waals surface area contributed by atoms with Gasteiger partial charge in [0.05, 0.1) is 24.8 Å². The number of piperidine rings is 1. The number of oxazole rings is 1. The van der Waals surface area contributed by atoms with Crippen LogP contribution in [0.5, 0.6) is 0 Å². The van der Waals surface area contributed by atoms with Crippen LogP contribution in [0.15, 0.2) is 52.9 Å². The van der Waals surface area contributed by atoms with Crippen LogP contribution in [0, 0.1) is 0 Å². The third-order valence-corrected chi connectivity index (χ3v) is 6.27. The Kier molecular flexibility index (Phi) is 6.02. The third-order valence-electron chi connectivity index (χ3n) is 6.27. The van der Waals surface area contributed by atoms with Crippen LogP contribution < -0.4 is 10.2 Å². The second kappa shape index (κ2) is 9.26. The van der Waals surface area contributed by atoms with Crippen molar-refractivity contribution in [2.75, 3.05) is 24.6 Å². The molecule has 2 aromatic carbocycles. The van der Waals surface area contributed by atoms with Crippen molar-refractivity contribution in [1.29, 1.82) is 0 Å². The highest BCUT2D eigenvalue weighted by atomic mass is 16.6. The van der Waals surface area contributed by atoms with Crippen LogP contribution >= 0.6 is 0 Å². The van der Waals surface area contributed by atoms with E-state index < -0.39 is 6.04 Å². The fourth-order valence-corrected chi connectivity index (χ4v) is 4.51. The molecule has 1 aromatic heterocycles. The lowest BCUT2D eigenvalue weighted by molar-refractivity contribution is -0.121. The van der Waals surface area contributed by atoms with E-state index >= 15 is 0 Å². The first-order valence-electron chi connectivity index (χ1n) is 11.5. The van der Waals surface area contributed by atoms with E-state index in [0.29, 0.717) is 49.7 Å². The van der Waals surface area contributed by atoms with Crippen LogP contribution in [-0.2, 0) is 14.3 Å². The largest absolute Gasteiger partial charge is 0.450 e. The molecule has 3 aromatic rings. The minimum absolute atomic E-state index is 0.0638. The molecule has 3 heterocycles. The predicted octanol–water partition coefficient (Wildman–Crippen LogP) is 3.34. The fourth-order valence-electron chi connectivity index (χ4n) is 4.51. The molecule has 0 spiro atoms. The molecule has 2 aliphatic heterocycles. The van der Waals surface area contributed by atoms with Gasteiger partial charge in [-0.15, -0.1) is 0 Å². The summed E-state index contributed by atoms with van der Waals surface area (Å²) in [4.78, 5) is 45.0. The number of nitrogens with one attached hydrogen (secondary N) is 1. The molecule has 3 amide bonds. The minimum Gasteiger partial charge on any atom is -0.450 e. The summed E-state index contributed by atoms with van der Waals surface area (Å²) in [6.07, 6.45) is 1.22. The zero-order valence-corrected chi connectivity index (χ0v) is 18.9. The third kappa shape index (κ3) is 4.26. The maximum absolute atomic E-state index is 13.0. The van der Waals surface area contributed by atoms with E-state index in [-0.39, 0.29) is 30.4 Å². The van der Waals surface area contributed by atoms with Crippen molar-refractivity contribution in [2.45, 2.75) is 38.3 Å². The van der Waals surface area contributed by atoms with Crippen molar-refractivity contribution in [3.05, 3.63) is 48.5 Å². The molecule has 176 valence electrons. The van der Waals surface area contributed by atoms with Gasteiger partial charge in [-0.05, 0) is 56.2 Å². The van der Waals surface area contributed by atoms with Crippen molar-refractivity contribution in [1.82, 2.24) is 15.2 Å². The molecule has 2 aliphatic rings. The van der Waals surface area contributed by atoms with Crippen molar-refractivity contribution in [3.63, 3.8) is 0 Å². The summed E-state index contributed by atoms with van der Waals surface area (Å²) in [6.45, 7) is 3.25. The van der Waals surface area contributed by atoms with Crippen LogP contribution in [0.25, 0.3) is 22.6 Å². The van der Waals surface area contributed by atoms with Crippen molar-refractivity contribution < 1.29 is 23.5 Å². The van der Waals surface area contributed by atoms with E-state index in [1.807, 2.05) is 24.3 Å². The van der Waals surface area contributed by atoms with Gasteiger partial charge in [-0.3, -0.25) is 9.59 Å². The number of carbonyl (C=O) groups is 3. The summed E-state index contributed by atoms with van der Waals surface area (Å²) in [5.74, 6) is -0.00552. The first-order valence-corrected chi connectivity index (χ1v) is 11.5. The van der Waals surface area contributed by atoms with Crippen LogP contribution in [0.2, 0.25) is 0 Å². The van der Waals surface area contributed by atoms with Gasteiger partial charge in [0.2, 0.25) is 11.8 Å². The monoisotopic (exact) mass is 462 g/mol. The van der Waals surface area contributed by atoms with Gasteiger partial charge in [-0.25, -0.2) is 14.7 Å². The van der Waals surface area contributed by atoms with Crippen LogP contribution in [0.3, 0.4) is 0 Å². The quantitative estimate of drug-likeness (QED) is 0.580. The number of hydrogen-bond donors (Lipinski definition) is 1. The van der Waals surface area contributed by atoms with Crippen molar-refractivity contribution in [2.24, 2.45) is 0 Å². The Morgan fingerprint density at radius 1 is 1.12 bits per heavy atom. The van der Waals surface area contributed by atoms with Gasteiger partial charge in [-0.2, -0.15) is 0 Å². The summed E-state index contributed by atoms with van der Waals surface area (Å²) >= 11 is 0. The Hall–Kier alpha value is -3.72. The predicted molar refractivity (Wildman–Crippen MR) is 125 cm³/mol. The number of hydrogen-bond acceptors (Lipinski definition) is 7. The number of imide groups is 1. The Morgan fingerprint density at radius 2 is 1.85 bits per heavy atom. The van der Waals surface area contributed by atoms with Crippen LogP contribution in [0.4, 0.5) is 10.5 Å². The molecule has 0 radical (unpaired) electrons. The van der Waals surface area contributed by atoms with Gasteiger partial charge in [-0.1, -0.05) is 12.1 Å². The van der Waals surface area contributed by atoms with Gasteiger partial charge in [0, 0.05) is 24.7 Å². The highest BCUT2D eigenvalue weighted by molar-refractivity contribution is 6.22. The average molecular weight is 463 g/mol. The fraction of sp³-hybridized carbons (Fsp3) is 0.360. The number of benzene rings is 2. The van der Waals surface area contributed by atoms with Crippen LogP contribution in [-0.4, -0.2) is 59.6 Å². The molecule has 0 bridgehead atoms. The molecule has 9 nitrogen and oxygen atoms in total. The number of rotatable bonds is 5. The highest BCUT2D eigenvalue weighted by Crippen LogP contribution is 2.29. The summed E-state index contributed by atoms with van der Waals surface area (Å²) in [5, 5.41) is 3.33. The summed E-state index contributed by atoms with van der Waals surface area (Å²) in [7, 11) is 0. The lowest BCUT2D eigenvalue weighted by atomic mass is 10.0. The number of likely N-dealkylation sites (tertiary alicyclic amines) is 1. The first kappa shape index (κ1) is 22.1. The Balaban J connectivity index is 1.22. The van der Waals surface area contributed by atoms with E-state index in [1.165, 1.54) is 4.90 Å². The second-order valence-corrected chi connectivity index (χ2v) is 8.48. The van der Waals surface area contributed by atoms with E-state index in [4.69, 9.17) is 9.15 Å². The molecular formula is C25H26N4O5. The standard InChI is InChI=1S/C25H26N4O5/c1-2-33-25(32)28-13-11-17(12-14-28)26-20-15-22(30)29(24(20)31)18-9-7-16(8-10-18)23-27-19-5-3-4-6-21(19)34-23/h3-10,17,20,26H,2,11-15H2,1H3. The topological polar surface area (TPSA) is 105 Å². The number of para-hydroxylation sites is 2. The number of amides is 3. The Morgan fingerprint density at radius 3 is 2.56 bits per heavy atom. The molecule has 34 heavy (non-hydrogen) atoms. The van der Waals surface area contributed by atoms with Gasteiger partial charge >= 0.3 is 6.09 Å². The highest BCUT2D eigenvalue weighted by Gasteiger charge is 2.40. The molecular weight excluding hydrogens is 436 g/mol. The maximum Gasteiger partial charge on any atom is 0.409 e. The molecule has 2 saturated heterocycles. The number of anilines is 1. The van der Waals surface area contributed by atoms with E-state index in [1.54, 1.807) is 36.1 Å². The number of carbonyl (C=O) groups excluding carboxylic acids is 3. The molecule has 1 unspecified atom stereocenters. The normalized spacial score (nSPS) is 19.3. The van der Waals surface area contributed by atoms with Gasteiger partial charge in [0.25, 0.3) is 5.91 Å². The van der Waals surface area contributed by atoms with Gasteiger partial charge in [0.1, 0.15) is 5.52 Å². The molecule has 0 saturated carbocycles. The maximum atomic E-state index is 13.0. The average Bonchev–Trinajstić information content (AvgIpc) is 3.40. The number of aromatic nitrogens is 1. The van der Waals surface area contributed by atoms with E-state index in [0.717, 1.165) is 11.1 Å². The van der Waals surface area contributed by atoms with E-state index in [2.05, 4.69) is 10.3 Å². The molecule has 1 N–H and O–H groups in total. The summed E-state index contributed by atoms with van der Waals surface area (Å²) in [6, 6.07) is 14.1. The second-order valence-electron chi connectivity index (χ2n) is 8.48. The molecule has 1 atom stereocenters. The van der Waals surface area contributed by atoms with Gasteiger partial charge < -0.3 is 19.4 Å². The van der Waals surface area contributed by atoms with E-state index in [9.17, 15) is 14.4 Å². The first-order chi connectivity index (χ1) is 16.5. The molecule has 0 aliphatic carbocycles. The number of ether oxygens (including phenoxy) is 1. The zero-order chi connectivity index (χ0) is 23.7. The lowest BCUT2D eigenvalue weighted by Gasteiger charge is -2.32. The Labute approximate surface area is 196 Å². The molecule has 5 rings (SSSR count). The lowest BCUT2D eigenvalue weighted by Crippen LogP contribution is -2.50. The SMILES string of the molecule is CCOC(=O)N1CCC(NC2CC(=O)N(c3ccc(-c4nc5ccccc5o4)cc3)C2=O)CC1. The number of fused-ring (bicyclic) bond motifs is 1. The Bertz CT molecular complexity index is 1180. The zero-order valence-electron chi connectivity index (χ0n) is 18.9. The molecule has 2 fully saturated rings. The van der Waals surface area contributed by atoms with Crippen molar-refractivity contribution >= 4 is 34.7 Å².